The summed E-state index contributed by atoms with van der Waals surface area (Å²) in [4.78, 5) is 10.0. The molecule has 0 atom stereocenters. The number of nitrogens with two attached hydrogens (primary N) is 1. The Morgan fingerprint density at radius 2 is 2.43 bits per heavy atom. The molecular formula is C2H6N2O2S. The van der Waals surface area contributed by atoms with E-state index in [1.165, 1.54) is 7.11 Å². The maximum atomic E-state index is 10.0. The molecule has 1 amide bonds. The Bertz CT molecular complexity index is 74.1. The fourth-order valence-corrected chi connectivity index (χ4v) is 0.175. The third-order valence-corrected chi connectivity index (χ3v) is 0.525. The lowest BCUT2D eigenvalue weighted by atomic mass is 11.2. The molecule has 2 N–H and O–H groups in total. The Morgan fingerprint density at radius 3 is 2.43 bits per heavy atom. The highest BCUT2D eigenvalue weighted by Gasteiger charge is 1.99. The summed E-state index contributed by atoms with van der Waals surface area (Å²) in [6.07, 6.45) is -0.677. The molecule has 0 spiro atoms. The zero-order valence-corrected chi connectivity index (χ0v) is 4.68. The number of ether oxygens (including phenoxy) is 1. The van der Waals surface area contributed by atoms with Crippen molar-refractivity contribution in [1.82, 2.24) is 4.41 Å². The lowest BCUT2D eigenvalue weighted by molar-refractivity contribution is 0.153. The lowest BCUT2D eigenvalue weighted by Crippen LogP contribution is -2.27. The van der Waals surface area contributed by atoms with Crippen LogP contribution in [0.5, 0.6) is 0 Å². The van der Waals surface area contributed by atoms with Crippen LogP contribution in [0, 0.1) is 0 Å². The lowest BCUT2D eigenvalue weighted by Gasteiger charge is -2.03. The van der Waals surface area contributed by atoms with Gasteiger partial charge in [-0.2, -0.15) is 4.41 Å². The normalized spacial score (nSPS) is 7.86. The van der Waals surface area contributed by atoms with E-state index in [0.29, 0.717) is 4.41 Å². The van der Waals surface area contributed by atoms with E-state index >= 15 is 0 Å². The first-order valence-corrected chi connectivity index (χ1v) is 1.90. The maximum Gasteiger partial charge on any atom is 0.434 e. The minimum absolute atomic E-state index is 0.556. The smallest absolute Gasteiger partial charge is 0.434 e. The summed E-state index contributed by atoms with van der Waals surface area (Å²) in [6.45, 7) is 0. The zero-order chi connectivity index (χ0) is 5.86. The first-order valence-electron chi connectivity index (χ1n) is 1.50. The highest BCUT2D eigenvalue weighted by Crippen LogP contribution is 1.84. The molecule has 0 saturated heterocycles. The van der Waals surface area contributed by atoms with Crippen LogP contribution in [0.4, 0.5) is 4.79 Å². The van der Waals surface area contributed by atoms with E-state index in [1.807, 2.05) is 0 Å². The predicted octanol–water partition coefficient (Wildman–Crippen LogP) is -0.227. The topological polar surface area (TPSA) is 55.6 Å². The molecule has 0 radical (unpaired) electrons. The van der Waals surface area contributed by atoms with Gasteiger partial charge in [-0.15, -0.1) is 0 Å². The molecule has 0 unspecified atom stereocenters. The largest absolute Gasteiger partial charge is 0.451 e. The highest BCUT2D eigenvalue weighted by atomic mass is 32.1. The van der Waals surface area contributed by atoms with Gasteiger partial charge in [0, 0.05) is 0 Å². The molecule has 0 rings (SSSR count). The maximum absolute atomic E-state index is 10.0. The molecule has 0 fully saturated rings. The highest BCUT2D eigenvalue weighted by molar-refractivity contribution is 7.78. The molecule has 0 bridgehead atoms. The van der Waals surface area contributed by atoms with Crippen molar-refractivity contribution in [2.75, 3.05) is 7.11 Å². The van der Waals surface area contributed by atoms with Gasteiger partial charge in [0.2, 0.25) is 0 Å². The Morgan fingerprint density at radius 1 is 2.00 bits per heavy atom. The second kappa shape index (κ2) is 2.70. The molecule has 0 aliphatic rings. The molecule has 0 aromatic carbocycles. The molecule has 7 heavy (non-hydrogen) atoms. The summed E-state index contributed by atoms with van der Waals surface area (Å²) >= 11 is 3.41. The van der Waals surface area contributed by atoms with Gasteiger partial charge >= 0.3 is 6.09 Å². The minimum Gasteiger partial charge on any atom is -0.451 e. The van der Waals surface area contributed by atoms with Crippen LogP contribution in [-0.4, -0.2) is 17.6 Å². The third-order valence-electron chi connectivity index (χ3n) is 0.362. The van der Waals surface area contributed by atoms with Gasteiger partial charge in [-0.1, -0.05) is 0 Å². The molecule has 0 aliphatic carbocycles. The van der Waals surface area contributed by atoms with E-state index in [1.54, 1.807) is 0 Å². The molecule has 42 valence electrons. The quantitative estimate of drug-likeness (QED) is 0.202. The average molecular weight is 122 g/mol. The summed E-state index contributed by atoms with van der Waals surface area (Å²) in [6, 6.07) is 0. The predicted molar refractivity (Wildman–Crippen MR) is 27.4 cm³/mol. The molecule has 0 aliphatic heterocycles. The fraction of sp³-hybridized carbons (Fsp3) is 0.500. The van der Waals surface area contributed by atoms with Gasteiger partial charge in [0.05, 0.1) is 7.11 Å². The van der Waals surface area contributed by atoms with Gasteiger partial charge in [0.15, 0.2) is 0 Å². The molecule has 0 aromatic heterocycles. The molecule has 4 nitrogen and oxygen atoms in total. The van der Waals surface area contributed by atoms with Crippen molar-refractivity contribution in [2.24, 2.45) is 5.84 Å². The van der Waals surface area contributed by atoms with Gasteiger partial charge < -0.3 is 4.74 Å². The van der Waals surface area contributed by atoms with E-state index in [9.17, 15) is 4.79 Å². The number of methoxy groups -OCH3 is 1. The van der Waals surface area contributed by atoms with Crippen LogP contribution in [-0.2, 0) is 4.74 Å². The Labute approximate surface area is 46.7 Å². The second-order valence-electron chi connectivity index (χ2n) is 0.815. The van der Waals surface area contributed by atoms with Crippen LogP contribution in [0.3, 0.4) is 0 Å². The van der Waals surface area contributed by atoms with Crippen LogP contribution >= 0.6 is 12.8 Å². The minimum atomic E-state index is -0.677. The monoisotopic (exact) mass is 122 g/mol. The van der Waals surface area contributed by atoms with Gasteiger partial charge in [0.1, 0.15) is 0 Å². The van der Waals surface area contributed by atoms with Crippen LogP contribution in [0.2, 0.25) is 0 Å². The first kappa shape index (κ1) is 6.58. The van der Waals surface area contributed by atoms with Crippen LogP contribution in [0.1, 0.15) is 0 Å². The summed E-state index contributed by atoms with van der Waals surface area (Å²) in [5, 5.41) is 0. The van der Waals surface area contributed by atoms with Crippen LogP contribution in [0.25, 0.3) is 0 Å². The summed E-state index contributed by atoms with van der Waals surface area (Å²) < 4.78 is 4.65. The van der Waals surface area contributed by atoms with Crippen molar-refractivity contribution in [3.63, 3.8) is 0 Å². The number of carbonyl (C=O) groups is 1. The van der Waals surface area contributed by atoms with Crippen LogP contribution in [0.15, 0.2) is 0 Å². The Balaban J connectivity index is 3.35. The van der Waals surface area contributed by atoms with E-state index < -0.39 is 6.09 Å². The number of rotatable bonds is 0. The number of nitrogens with zero attached hydrogens (tertiary/aromatic N) is 1. The third kappa shape index (κ3) is 2.30. The van der Waals surface area contributed by atoms with E-state index in [-0.39, 0.29) is 0 Å². The average Bonchev–Trinajstić information content (AvgIpc) is 1.65. The van der Waals surface area contributed by atoms with Gasteiger partial charge in [-0.3, -0.25) is 0 Å². The first-order chi connectivity index (χ1) is 3.18. The number of hydrogen-bond donors (Lipinski definition) is 2. The van der Waals surface area contributed by atoms with Crippen molar-refractivity contribution in [1.29, 1.82) is 0 Å². The Hall–Kier alpha value is -0.420. The molecule has 0 aromatic rings. The molecule has 0 heterocycles. The van der Waals surface area contributed by atoms with Crippen molar-refractivity contribution < 1.29 is 9.53 Å². The van der Waals surface area contributed by atoms with E-state index in [0.717, 1.165) is 0 Å². The van der Waals surface area contributed by atoms with Gasteiger partial charge in [-0.05, 0) is 12.8 Å². The van der Waals surface area contributed by atoms with Gasteiger partial charge in [-0.25, -0.2) is 10.6 Å². The number of thiol groups is 1. The SMILES string of the molecule is COC(=O)N(N)S. The van der Waals surface area contributed by atoms with Gasteiger partial charge in [0.25, 0.3) is 0 Å². The number of hydrazine groups is 1. The van der Waals surface area contributed by atoms with Crippen molar-refractivity contribution in [3.8, 4) is 0 Å². The van der Waals surface area contributed by atoms with Crippen molar-refractivity contribution in [3.05, 3.63) is 0 Å². The summed E-state index contributed by atoms with van der Waals surface area (Å²) in [5.74, 6) is 4.77. The van der Waals surface area contributed by atoms with Crippen LogP contribution < -0.4 is 5.84 Å². The fourth-order valence-electron chi connectivity index (χ4n) is 0.0935. The zero-order valence-electron chi connectivity index (χ0n) is 3.79. The second-order valence-corrected chi connectivity index (χ2v) is 1.25. The molecular weight excluding hydrogens is 116 g/mol. The standard InChI is InChI=1S/C2H6N2O2S/c1-6-2(5)4(3)7/h7H,3H2,1H3. The number of amides is 1. The Kier molecular flexibility index (Phi) is 2.54. The molecule has 5 heteroatoms. The van der Waals surface area contributed by atoms with Crippen molar-refractivity contribution in [2.45, 2.75) is 0 Å². The van der Waals surface area contributed by atoms with E-state index in [2.05, 4.69) is 17.6 Å². The molecule has 0 saturated carbocycles. The summed E-state index contributed by atoms with van der Waals surface area (Å²) in [5.41, 5.74) is 0. The van der Waals surface area contributed by atoms with E-state index in [4.69, 9.17) is 5.84 Å². The number of hydrogen-bond acceptors (Lipinski definition) is 4. The summed E-state index contributed by atoms with van der Waals surface area (Å²) in [7, 11) is 1.22. The number of carbonyl (C=O) groups excluding carboxylic acids is 1. The van der Waals surface area contributed by atoms with Crippen molar-refractivity contribution >= 4 is 18.9 Å².